The molecule has 0 aliphatic carbocycles. The molecule has 0 bridgehead atoms. The minimum Gasteiger partial charge on any atom is -0.530 e. The van der Waals surface area contributed by atoms with Gasteiger partial charge in [0.25, 0.3) is 0 Å². The van der Waals surface area contributed by atoms with Gasteiger partial charge >= 0.3 is 0 Å². The van der Waals surface area contributed by atoms with E-state index in [4.69, 9.17) is 23.2 Å². The second kappa shape index (κ2) is 6.70. The average molecular weight is 357 g/mol. The van der Waals surface area contributed by atoms with Gasteiger partial charge in [0.05, 0.1) is 10.0 Å². The van der Waals surface area contributed by atoms with E-state index < -0.39 is 6.09 Å². The van der Waals surface area contributed by atoms with Crippen LogP contribution >= 0.6 is 23.2 Å². The van der Waals surface area contributed by atoms with Crippen LogP contribution in [0, 0.1) is 11.3 Å². The molecule has 0 radical (unpaired) electrons. The third kappa shape index (κ3) is 3.99. The molecule has 1 fully saturated rings. The number of nitrogens with zero attached hydrogens (tertiary/aromatic N) is 1. The maximum Gasteiger partial charge on any atom is 0.166 e. The number of carboxylic acid groups (broad SMARTS) is 1. The highest BCUT2D eigenvalue weighted by molar-refractivity contribution is 6.42. The molecule has 2 unspecified atom stereocenters. The number of hydrogen-bond donors (Lipinski definition) is 0. The minimum atomic E-state index is -1.18. The number of piperidine rings is 1. The summed E-state index contributed by atoms with van der Waals surface area (Å²) in [5.74, 6) is -0.247. The molecule has 2 atom stereocenters. The van der Waals surface area contributed by atoms with Crippen molar-refractivity contribution in [3.05, 3.63) is 33.8 Å². The van der Waals surface area contributed by atoms with E-state index in [1.807, 2.05) is 20.8 Å². The third-order valence-corrected chi connectivity index (χ3v) is 5.15. The van der Waals surface area contributed by atoms with Crippen LogP contribution in [0.3, 0.4) is 0 Å². The van der Waals surface area contributed by atoms with Crippen LogP contribution in [0.1, 0.15) is 44.0 Å². The van der Waals surface area contributed by atoms with Gasteiger partial charge in [0, 0.05) is 24.1 Å². The largest absolute Gasteiger partial charge is 0.530 e. The second-order valence-electron chi connectivity index (χ2n) is 7.06. The summed E-state index contributed by atoms with van der Waals surface area (Å²) in [5, 5.41) is 12.1. The number of amides is 1. The molecule has 23 heavy (non-hydrogen) atoms. The van der Waals surface area contributed by atoms with Crippen molar-refractivity contribution in [3.8, 4) is 0 Å². The lowest BCUT2D eigenvalue weighted by molar-refractivity contribution is -0.271. The van der Waals surface area contributed by atoms with Crippen molar-refractivity contribution in [3.63, 3.8) is 0 Å². The van der Waals surface area contributed by atoms with Gasteiger partial charge in [0.1, 0.15) is 6.09 Å². The van der Waals surface area contributed by atoms with Gasteiger partial charge in [0.2, 0.25) is 0 Å². The molecule has 1 heterocycles. The smallest absolute Gasteiger partial charge is 0.166 e. The number of likely N-dealkylation sites (tertiary alicyclic amines) is 1. The number of halogens is 2. The van der Waals surface area contributed by atoms with E-state index in [-0.39, 0.29) is 23.2 Å². The molecule has 1 aliphatic rings. The third-order valence-electron chi connectivity index (χ3n) is 4.41. The number of rotatable bonds is 2. The van der Waals surface area contributed by atoms with E-state index in [2.05, 4.69) is 0 Å². The SMILES string of the molecule is CC(C)(C)C1CC(C(=O)c2ccc(Cl)c(Cl)c2)CCN1C(=O)[O-]. The lowest BCUT2D eigenvalue weighted by atomic mass is 9.75. The van der Waals surface area contributed by atoms with E-state index in [1.54, 1.807) is 18.2 Å². The summed E-state index contributed by atoms with van der Waals surface area (Å²) in [6.07, 6.45) is -0.207. The zero-order valence-corrected chi connectivity index (χ0v) is 14.9. The molecule has 1 aromatic carbocycles. The van der Waals surface area contributed by atoms with Crippen LogP contribution in [0.2, 0.25) is 10.0 Å². The Bertz CT molecular complexity index is 625. The number of carbonyl (C=O) groups excluding carboxylic acids is 2. The fourth-order valence-corrected chi connectivity index (χ4v) is 3.43. The Balaban J connectivity index is 2.22. The zero-order chi connectivity index (χ0) is 17.4. The molecule has 6 heteroatoms. The molecular weight excluding hydrogens is 337 g/mol. The van der Waals surface area contributed by atoms with Gasteiger partial charge in [-0.15, -0.1) is 0 Å². The van der Waals surface area contributed by atoms with E-state index in [0.717, 1.165) is 0 Å². The number of Topliss-reactive ketones (excluding diaryl/α,β-unsaturated/α-hetero) is 1. The topological polar surface area (TPSA) is 60.4 Å². The fraction of sp³-hybridized carbons (Fsp3) is 0.529. The molecule has 0 saturated carbocycles. The van der Waals surface area contributed by atoms with Crippen molar-refractivity contribution < 1.29 is 14.7 Å². The van der Waals surface area contributed by atoms with Crippen LogP contribution in [-0.4, -0.2) is 29.4 Å². The Hall–Kier alpha value is -1.26. The maximum atomic E-state index is 12.7. The average Bonchev–Trinajstić information content (AvgIpc) is 2.47. The first-order valence-electron chi connectivity index (χ1n) is 7.58. The van der Waals surface area contributed by atoms with Crippen LogP contribution < -0.4 is 5.11 Å². The van der Waals surface area contributed by atoms with Gasteiger partial charge in [0.15, 0.2) is 5.78 Å². The normalized spacial score (nSPS) is 22.0. The molecule has 1 saturated heterocycles. The lowest BCUT2D eigenvalue weighted by Gasteiger charge is -2.47. The molecule has 1 aliphatic heterocycles. The van der Waals surface area contributed by atoms with Gasteiger partial charge < -0.3 is 14.8 Å². The molecular formula is C17H20Cl2NO3-. The zero-order valence-electron chi connectivity index (χ0n) is 13.4. The Morgan fingerprint density at radius 3 is 2.39 bits per heavy atom. The van der Waals surface area contributed by atoms with E-state index in [9.17, 15) is 14.7 Å². The van der Waals surface area contributed by atoms with Crippen LogP contribution in [0.5, 0.6) is 0 Å². The highest BCUT2D eigenvalue weighted by Crippen LogP contribution is 2.36. The Labute approximate surface area is 146 Å². The van der Waals surface area contributed by atoms with Crippen molar-refractivity contribution in [2.24, 2.45) is 11.3 Å². The molecule has 2 rings (SSSR count). The van der Waals surface area contributed by atoms with E-state index in [1.165, 1.54) is 4.90 Å². The molecule has 0 aromatic heterocycles. The standard InChI is InChI=1S/C17H21Cl2NO3/c1-17(2,3)14-9-11(6-7-20(14)16(22)23)15(21)10-4-5-12(18)13(19)8-10/h4-5,8,11,14H,6-7,9H2,1-3H3,(H,22,23)/p-1. The summed E-state index contributed by atoms with van der Waals surface area (Å²) < 4.78 is 0. The summed E-state index contributed by atoms with van der Waals surface area (Å²) in [7, 11) is 0. The van der Waals surface area contributed by atoms with Gasteiger partial charge in [-0.1, -0.05) is 44.0 Å². The Kier molecular flexibility index (Phi) is 5.27. The highest BCUT2D eigenvalue weighted by atomic mass is 35.5. The monoisotopic (exact) mass is 356 g/mol. The van der Waals surface area contributed by atoms with Crippen molar-refractivity contribution in [1.82, 2.24) is 4.90 Å². The Morgan fingerprint density at radius 1 is 1.22 bits per heavy atom. The first kappa shape index (κ1) is 18.1. The quantitative estimate of drug-likeness (QED) is 0.759. The van der Waals surface area contributed by atoms with E-state index in [0.29, 0.717) is 35.0 Å². The van der Waals surface area contributed by atoms with Crippen molar-refractivity contribution >= 4 is 35.1 Å². The second-order valence-corrected chi connectivity index (χ2v) is 7.87. The van der Waals surface area contributed by atoms with Crippen LogP contribution in [0.25, 0.3) is 0 Å². The van der Waals surface area contributed by atoms with Crippen LogP contribution in [0.15, 0.2) is 18.2 Å². The first-order valence-corrected chi connectivity index (χ1v) is 8.33. The first-order chi connectivity index (χ1) is 10.6. The molecule has 0 spiro atoms. The number of benzene rings is 1. The molecule has 0 N–H and O–H groups in total. The predicted molar refractivity (Wildman–Crippen MR) is 88.9 cm³/mol. The lowest BCUT2D eigenvalue weighted by Crippen LogP contribution is -2.56. The number of hydrogen-bond acceptors (Lipinski definition) is 3. The van der Waals surface area contributed by atoms with Gasteiger partial charge in [-0.2, -0.15) is 0 Å². The summed E-state index contributed by atoms with van der Waals surface area (Å²) in [5.41, 5.74) is 0.246. The molecule has 1 amide bonds. The summed E-state index contributed by atoms with van der Waals surface area (Å²) in [6.45, 7) is 6.22. The predicted octanol–water partition coefficient (Wildman–Crippen LogP) is 3.65. The van der Waals surface area contributed by atoms with Gasteiger partial charge in [-0.25, -0.2) is 0 Å². The molecule has 1 aromatic rings. The van der Waals surface area contributed by atoms with Crippen LogP contribution in [-0.2, 0) is 0 Å². The maximum absolute atomic E-state index is 12.7. The van der Waals surface area contributed by atoms with Crippen molar-refractivity contribution in [1.29, 1.82) is 0 Å². The summed E-state index contributed by atoms with van der Waals surface area (Å²) in [4.78, 5) is 25.4. The van der Waals surface area contributed by atoms with Gasteiger partial charge in [-0.05, 0) is 36.5 Å². The van der Waals surface area contributed by atoms with Crippen molar-refractivity contribution in [2.45, 2.75) is 39.7 Å². The number of ketones is 1. The van der Waals surface area contributed by atoms with Crippen LogP contribution in [0.4, 0.5) is 4.79 Å². The fourth-order valence-electron chi connectivity index (χ4n) is 3.13. The van der Waals surface area contributed by atoms with Crippen molar-refractivity contribution in [2.75, 3.05) is 6.54 Å². The van der Waals surface area contributed by atoms with E-state index >= 15 is 0 Å². The molecule has 126 valence electrons. The number of carbonyl (C=O) groups is 2. The highest BCUT2D eigenvalue weighted by Gasteiger charge is 2.38. The summed E-state index contributed by atoms with van der Waals surface area (Å²) in [6, 6.07) is 4.59. The molecule has 4 nitrogen and oxygen atoms in total. The minimum absolute atomic E-state index is 0.0178. The van der Waals surface area contributed by atoms with Gasteiger partial charge in [-0.3, -0.25) is 4.79 Å². The Morgan fingerprint density at radius 2 is 1.87 bits per heavy atom. The summed E-state index contributed by atoms with van der Waals surface area (Å²) >= 11 is 11.9.